The van der Waals surface area contributed by atoms with Gasteiger partial charge in [-0.25, -0.2) is 4.98 Å². The highest BCUT2D eigenvalue weighted by Gasteiger charge is 2.07. The van der Waals surface area contributed by atoms with E-state index in [0.29, 0.717) is 20.9 Å². The maximum atomic E-state index is 8.94. The smallest absolute Gasteiger partial charge is 0.137 e. The number of pyridine rings is 1. The Bertz CT molecular complexity index is 557. The van der Waals surface area contributed by atoms with Crippen LogP contribution in [0.1, 0.15) is 5.69 Å². The Kier molecular flexibility index (Phi) is 3.89. The normalized spacial score (nSPS) is 10.6. The molecule has 0 aliphatic rings. The van der Waals surface area contributed by atoms with Crippen molar-refractivity contribution in [1.82, 2.24) is 4.98 Å². The quantitative estimate of drug-likeness (QED) is 0.840. The van der Waals surface area contributed by atoms with Crippen molar-refractivity contribution in [2.75, 3.05) is 0 Å². The number of rotatable bonds is 2. The number of aliphatic hydroxyl groups is 1. The summed E-state index contributed by atoms with van der Waals surface area (Å²) in [5, 5.41) is 10.2. The molecule has 0 saturated heterocycles. The molecule has 0 fully saturated rings. The van der Waals surface area contributed by atoms with Crippen molar-refractivity contribution in [1.29, 1.82) is 0 Å². The molecule has 88 valence electrons. The van der Waals surface area contributed by atoms with Gasteiger partial charge in [-0.1, -0.05) is 40.9 Å². The highest BCUT2D eigenvalue weighted by atomic mass is 35.5. The second kappa shape index (κ2) is 5.23. The first kappa shape index (κ1) is 12.7. The van der Waals surface area contributed by atoms with Crippen molar-refractivity contribution < 1.29 is 5.11 Å². The zero-order chi connectivity index (χ0) is 12.4. The topological polar surface area (TPSA) is 33.1 Å². The van der Waals surface area contributed by atoms with E-state index >= 15 is 0 Å². The third-order valence-electron chi connectivity index (χ3n) is 2.30. The molecule has 0 spiro atoms. The molecule has 5 heteroatoms. The van der Waals surface area contributed by atoms with Crippen molar-refractivity contribution in [3.8, 4) is 11.1 Å². The van der Waals surface area contributed by atoms with Crippen LogP contribution in [0.15, 0.2) is 30.3 Å². The molecule has 0 bridgehead atoms. The summed E-state index contributed by atoms with van der Waals surface area (Å²) in [6.07, 6.45) is 0. The van der Waals surface area contributed by atoms with Gasteiger partial charge in [0.2, 0.25) is 0 Å². The van der Waals surface area contributed by atoms with Crippen molar-refractivity contribution >= 4 is 34.8 Å². The zero-order valence-electron chi connectivity index (χ0n) is 8.62. The molecule has 0 atom stereocenters. The number of nitrogens with zero attached hydrogens (tertiary/aromatic N) is 1. The van der Waals surface area contributed by atoms with Crippen LogP contribution in [0.2, 0.25) is 15.2 Å². The SMILES string of the molecule is OCc1ccc(-c2ccc(Cl)c(Cl)c2)c(Cl)n1. The summed E-state index contributed by atoms with van der Waals surface area (Å²) >= 11 is 17.8. The van der Waals surface area contributed by atoms with Gasteiger partial charge in [-0.2, -0.15) is 0 Å². The van der Waals surface area contributed by atoms with Crippen molar-refractivity contribution in [3.05, 3.63) is 51.2 Å². The average Bonchev–Trinajstić information content (AvgIpc) is 2.32. The lowest BCUT2D eigenvalue weighted by atomic mass is 10.1. The van der Waals surface area contributed by atoms with Gasteiger partial charge in [-0.05, 0) is 29.8 Å². The number of benzene rings is 1. The highest BCUT2D eigenvalue weighted by Crippen LogP contribution is 2.31. The molecule has 0 unspecified atom stereocenters. The predicted octanol–water partition coefficient (Wildman–Crippen LogP) is 4.20. The molecule has 0 aliphatic heterocycles. The van der Waals surface area contributed by atoms with Crippen molar-refractivity contribution in [3.63, 3.8) is 0 Å². The van der Waals surface area contributed by atoms with E-state index in [-0.39, 0.29) is 6.61 Å². The molecule has 1 aromatic carbocycles. The molecule has 17 heavy (non-hydrogen) atoms. The average molecular weight is 289 g/mol. The predicted molar refractivity (Wildman–Crippen MR) is 70.6 cm³/mol. The van der Waals surface area contributed by atoms with Gasteiger partial charge in [0.25, 0.3) is 0 Å². The second-order valence-corrected chi connectivity index (χ2v) is 4.60. The molecule has 2 nitrogen and oxygen atoms in total. The molecule has 2 aromatic rings. The largest absolute Gasteiger partial charge is 0.390 e. The Hall–Kier alpha value is -0.800. The summed E-state index contributed by atoms with van der Waals surface area (Å²) in [5.41, 5.74) is 2.11. The monoisotopic (exact) mass is 287 g/mol. The third-order valence-corrected chi connectivity index (χ3v) is 3.33. The van der Waals surface area contributed by atoms with Crippen molar-refractivity contribution in [2.45, 2.75) is 6.61 Å². The molecule has 0 saturated carbocycles. The van der Waals surface area contributed by atoms with Crippen molar-refractivity contribution in [2.24, 2.45) is 0 Å². The molecule has 1 aromatic heterocycles. The van der Waals surface area contributed by atoms with Gasteiger partial charge in [-0.3, -0.25) is 0 Å². The first-order valence-corrected chi connectivity index (χ1v) is 5.97. The molecular formula is C12H8Cl3NO. The summed E-state index contributed by atoms with van der Waals surface area (Å²) in [5.74, 6) is 0. The van der Waals surface area contributed by atoms with E-state index in [1.807, 2.05) is 6.07 Å². The van der Waals surface area contributed by atoms with Crippen LogP contribution in [0.5, 0.6) is 0 Å². The fourth-order valence-electron chi connectivity index (χ4n) is 1.44. The van der Waals surface area contributed by atoms with Crippen LogP contribution in [0.25, 0.3) is 11.1 Å². The lowest BCUT2D eigenvalue weighted by molar-refractivity contribution is 0.277. The van der Waals surface area contributed by atoms with Gasteiger partial charge in [0.1, 0.15) is 5.15 Å². The minimum Gasteiger partial charge on any atom is -0.390 e. The molecule has 0 aliphatic carbocycles. The van der Waals surface area contributed by atoms with Gasteiger partial charge in [-0.15, -0.1) is 0 Å². The van der Waals surface area contributed by atoms with Crippen LogP contribution in [0.4, 0.5) is 0 Å². The molecule has 2 rings (SSSR count). The Morgan fingerprint density at radius 1 is 1.00 bits per heavy atom. The maximum absolute atomic E-state index is 8.94. The lowest BCUT2D eigenvalue weighted by Crippen LogP contribution is -1.91. The number of hydrogen-bond donors (Lipinski definition) is 1. The molecule has 1 N–H and O–H groups in total. The second-order valence-electron chi connectivity index (χ2n) is 3.43. The van der Waals surface area contributed by atoms with Crippen LogP contribution in [0.3, 0.4) is 0 Å². The van der Waals surface area contributed by atoms with Crippen LogP contribution in [-0.4, -0.2) is 10.1 Å². The van der Waals surface area contributed by atoms with Crippen LogP contribution in [-0.2, 0) is 6.61 Å². The molecule has 1 heterocycles. The van der Waals surface area contributed by atoms with Gasteiger partial charge >= 0.3 is 0 Å². The number of hydrogen-bond acceptors (Lipinski definition) is 2. The number of aromatic nitrogens is 1. The van der Waals surface area contributed by atoms with Crippen LogP contribution < -0.4 is 0 Å². The van der Waals surface area contributed by atoms with E-state index in [0.717, 1.165) is 11.1 Å². The summed E-state index contributed by atoms with van der Waals surface area (Å²) in [6, 6.07) is 8.75. The number of aliphatic hydroxyl groups excluding tert-OH is 1. The van der Waals surface area contributed by atoms with E-state index in [1.165, 1.54) is 0 Å². The molecule has 0 radical (unpaired) electrons. The zero-order valence-corrected chi connectivity index (χ0v) is 10.9. The standard InChI is InChI=1S/C12H8Cl3NO/c13-10-4-1-7(5-11(10)14)9-3-2-8(6-17)16-12(9)15/h1-5,17H,6H2. The minimum atomic E-state index is -0.138. The Balaban J connectivity index is 2.49. The van der Waals surface area contributed by atoms with E-state index in [9.17, 15) is 0 Å². The highest BCUT2D eigenvalue weighted by molar-refractivity contribution is 6.42. The fourth-order valence-corrected chi connectivity index (χ4v) is 2.02. The third kappa shape index (κ3) is 2.72. The van der Waals surface area contributed by atoms with E-state index in [2.05, 4.69) is 4.98 Å². The molecule has 0 amide bonds. The Morgan fingerprint density at radius 2 is 1.76 bits per heavy atom. The lowest BCUT2D eigenvalue weighted by Gasteiger charge is -2.06. The van der Waals surface area contributed by atoms with Gasteiger partial charge < -0.3 is 5.11 Å². The first-order chi connectivity index (χ1) is 8.11. The summed E-state index contributed by atoms with van der Waals surface area (Å²) in [4.78, 5) is 4.06. The van der Waals surface area contributed by atoms with Crippen LogP contribution >= 0.6 is 34.8 Å². The summed E-state index contributed by atoms with van der Waals surface area (Å²) in [6.45, 7) is -0.138. The fraction of sp³-hybridized carbons (Fsp3) is 0.0833. The van der Waals surface area contributed by atoms with E-state index < -0.39 is 0 Å². The summed E-state index contributed by atoms with van der Waals surface area (Å²) in [7, 11) is 0. The van der Waals surface area contributed by atoms with E-state index in [4.69, 9.17) is 39.9 Å². The number of halogens is 3. The van der Waals surface area contributed by atoms with Gasteiger partial charge in [0.05, 0.1) is 22.3 Å². The maximum Gasteiger partial charge on any atom is 0.137 e. The van der Waals surface area contributed by atoms with Crippen LogP contribution in [0, 0.1) is 0 Å². The first-order valence-electron chi connectivity index (χ1n) is 4.83. The minimum absolute atomic E-state index is 0.138. The molecular weight excluding hydrogens is 280 g/mol. The van der Waals surface area contributed by atoms with E-state index in [1.54, 1.807) is 24.3 Å². The van der Waals surface area contributed by atoms with Gasteiger partial charge in [0.15, 0.2) is 0 Å². The summed E-state index contributed by atoms with van der Waals surface area (Å²) < 4.78 is 0. The Labute approximate surface area is 114 Å². The van der Waals surface area contributed by atoms with Gasteiger partial charge in [0, 0.05) is 5.56 Å². The Morgan fingerprint density at radius 3 is 2.35 bits per heavy atom.